The minimum atomic E-state index is 0.0415. The van der Waals surface area contributed by atoms with Crippen LogP contribution in [0.15, 0.2) is 42.9 Å². The molecule has 1 unspecified atom stereocenters. The Morgan fingerprint density at radius 1 is 1.18 bits per heavy atom. The first kappa shape index (κ1) is 11.5. The lowest BCUT2D eigenvalue weighted by molar-refractivity contribution is 0.551. The number of rotatable bonds is 4. The number of nitrogens with zero attached hydrogens (tertiary/aromatic N) is 2. The van der Waals surface area contributed by atoms with E-state index < -0.39 is 0 Å². The molecule has 0 aliphatic rings. The van der Waals surface area contributed by atoms with E-state index in [-0.39, 0.29) is 6.04 Å². The maximum absolute atomic E-state index is 5.64. The smallest absolute Gasteiger partial charge is 0.123 e. The van der Waals surface area contributed by atoms with Crippen molar-refractivity contribution in [2.45, 2.75) is 12.5 Å². The van der Waals surface area contributed by atoms with Gasteiger partial charge >= 0.3 is 0 Å². The predicted octanol–water partition coefficient (Wildman–Crippen LogP) is 0.806. The van der Waals surface area contributed by atoms with Gasteiger partial charge in [0.1, 0.15) is 5.82 Å². The Morgan fingerprint density at radius 2 is 1.94 bits per heavy atom. The normalized spacial score (nSPS) is 12.3. The Bertz CT molecular complexity index is 471. The molecule has 0 radical (unpaired) electrons. The van der Waals surface area contributed by atoms with Gasteiger partial charge in [-0.05, 0) is 41.8 Å². The summed E-state index contributed by atoms with van der Waals surface area (Å²) in [5, 5.41) is 0. The van der Waals surface area contributed by atoms with E-state index in [0.29, 0.717) is 5.82 Å². The Hall–Kier alpha value is -1.98. The van der Waals surface area contributed by atoms with E-state index in [9.17, 15) is 0 Å². The van der Waals surface area contributed by atoms with Crippen LogP contribution in [0.25, 0.3) is 0 Å². The van der Waals surface area contributed by atoms with Gasteiger partial charge in [0.05, 0.1) is 6.04 Å². The summed E-state index contributed by atoms with van der Waals surface area (Å²) in [5.41, 5.74) is 10.6. The third-order valence-electron chi connectivity index (χ3n) is 2.59. The summed E-state index contributed by atoms with van der Waals surface area (Å²) in [4.78, 5) is 7.95. The van der Waals surface area contributed by atoms with E-state index in [1.165, 1.54) is 0 Å². The molecular weight excluding hydrogens is 214 g/mol. The third-order valence-corrected chi connectivity index (χ3v) is 2.59. The SMILES string of the molecule is NNC(Cc1ccnc(N)c1)c1ccncc1. The van der Waals surface area contributed by atoms with Crippen LogP contribution in [0.4, 0.5) is 5.82 Å². The van der Waals surface area contributed by atoms with Crippen molar-refractivity contribution in [3.8, 4) is 0 Å². The number of hydrogen-bond acceptors (Lipinski definition) is 5. The van der Waals surface area contributed by atoms with E-state index in [4.69, 9.17) is 11.6 Å². The van der Waals surface area contributed by atoms with Crippen LogP contribution >= 0.6 is 0 Å². The molecule has 0 amide bonds. The highest BCUT2D eigenvalue weighted by Crippen LogP contribution is 2.17. The summed E-state index contributed by atoms with van der Waals surface area (Å²) in [6, 6.07) is 7.71. The molecule has 0 saturated heterocycles. The molecule has 0 aliphatic carbocycles. The van der Waals surface area contributed by atoms with Gasteiger partial charge in [-0.1, -0.05) is 0 Å². The number of pyridine rings is 2. The number of aromatic nitrogens is 2. The number of nitrogen functional groups attached to an aromatic ring is 1. The molecule has 2 aromatic rings. The van der Waals surface area contributed by atoms with Crippen LogP contribution in [0.5, 0.6) is 0 Å². The lowest BCUT2D eigenvalue weighted by Gasteiger charge is -2.16. The summed E-state index contributed by atoms with van der Waals surface area (Å²) in [6.45, 7) is 0. The lowest BCUT2D eigenvalue weighted by atomic mass is 10.0. The predicted molar refractivity (Wildman–Crippen MR) is 66.7 cm³/mol. The summed E-state index contributed by atoms with van der Waals surface area (Å²) in [5.74, 6) is 6.09. The van der Waals surface area contributed by atoms with Crippen molar-refractivity contribution in [1.82, 2.24) is 15.4 Å². The topological polar surface area (TPSA) is 89.8 Å². The van der Waals surface area contributed by atoms with E-state index >= 15 is 0 Å². The van der Waals surface area contributed by atoms with Gasteiger partial charge in [0.15, 0.2) is 0 Å². The van der Waals surface area contributed by atoms with Crippen LogP contribution in [-0.4, -0.2) is 9.97 Å². The monoisotopic (exact) mass is 229 g/mol. The van der Waals surface area contributed by atoms with Crippen molar-refractivity contribution in [2.75, 3.05) is 5.73 Å². The van der Waals surface area contributed by atoms with Crippen molar-refractivity contribution in [1.29, 1.82) is 0 Å². The second-order valence-corrected chi connectivity index (χ2v) is 3.79. The van der Waals surface area contributed by atoms with Crippen molar-refractivity contribution in [3.63, 3.8) is 0 Å². The highest BCUT2D eigenvalue weighted by molar-refractivity contribution is 5.33. The lowest BCUT2D eigenvalue weighted by Crippen LogP contribution is -2.29. The molecule has 17 heavy (non-hydrogen) atoms. The first-order valence-electron chi connectivity index (χ1n) is 5.36. The molecule has 0 fully saturated rings. The van der Waals surface area contributed by atoms with Crippen LogP contribution in [0.1, 0.15) is 17.2 Å². The zero-order valence-corrected chi connectivity index (χ0v) is 9.38. The van der Waals surface area contributed by atoms with Crippen molar-refractivity contribution < 1.29 is 0 Å². The fourth-order valence-electron chi connectivity index (χ4n) is 1.73. The zero-order valence-electron chi connectivity index (χ0n) is 9.38. The molecule has 88 valence electrons. The number of hydrogen-bond donors (Lipinski definition) is 3. The molecule has 2 rings (SSSR count). The maximum Gasteiger partial charge on any atom is 0.123 e. The van der Waals surface area contributed by atoms with Crippen molar-refractivity contribution in [3.05, 3.63) is 54.0 Å². The van der Waals surface area contributed by atoms with E-state index in [1.54, 1.807) is 18.6 Å². The average molecular weight is 229 g/mol. The molecule has 0 spiro atoms. The molecule has 0 saturated carbocycles. The molecule has 5 heteroatoms. The number of anilines is 1. The maximum atomic E-state index is 5.64. The van der Waals surface area contributed by atoms with E-state index in [2.05, 4.69) is 15.4 Å². The van der Waals surface area contributed by atoms with E-state index in [0.717, 1.165) is 17.5 Å². The quantitative estimate of drug-likeness (QED) is 0.533. The molecular formula is C12H15N5. The van der Waals surface area contributed by atoms with Gasteiger partial charge in [-0.25, -0.2) is 4.98 Å². The molecule has 2 heterocycles. The van der Waals surface area contributed by atoms with Crippen molar-refractivity contribution >= 4 is 5.82 Å². The fourth-order valence-corrected chi connectivity index (χ4v) is 1.73. The minimum absolute atomic E-state index is 0.0415. The Morgan fingerprint density at radius 3 is 2.59 bits per heavy atom. The summed E-state index contributed by atoms with van der Waals surface area (Å²) < 4.78 is 0. The minimum Gasteiger partial charge on any atom is -0.384 e. The van der Waals surface area contributed by atoms with E-state index in [1.807, 2.05) is 24.3 Å². The third kappa shape index (κ3) is 2.99. The first-order chi connectivity index (χ1) is 8.29. The summed E-state index contributed by atoms with van der Waals surface area (Å²) in [6.07, 6.45) is 5.96. The van der Waals surface area contributed by atoms with Gasteiger partial charge < -0.3 is 5.73 Å². The largest absolute Gasteiger partial charge is 0.384 e. The van der Waals surface area contributed by atoms with Crippen molar-refractivity contribution in [2.24, 2.45) is 5.84 Å². The Labute approximate surface area is 99.9 Å². The molecule has 2 aromatic heterocycles. The van der Waals surface area contributed by atoms with Gasteiger partial charge in [-0.2, -0.15) is 0 Å². The Balaban J connectivity index is 2.16. The molecule has 0 aliphatic heterocycles. The van der Waals surface area contributed by atoms with Crippen LogP contribution in [0.2, 0.25) is 0 Å². The van der Waals surface area contributed by atoms with Gasteiger partial charge in [0, 0.05) is 18.6 Å². The second-order valence-electron chi connectivity index (χ2n) is 3.79. The number of nitrogens with two attached hydrogens (primary N) is 2. The van der Waals surface area contributed by atoms with Gasteiger partial charge in [0.2, 0.25) is 0 Å². The standard InChI is InChI=1S/C12H15N5/c13-12-8-9(1-6-16-12)7-11(17-14)10-2-4-15-5-3-10/h1-6,8,11,17H,7,14H2,(H2,13,16). The van der Waals surface area contributed by atoms with Crippen LogP contribution in [-0.2, 0) is 6.42 Å². The first-order valence-corrected chi connectivity index (χ1v) is 5.36. The summed E-state index contributed by atoms with van der Waals surface area (Å²) in [7, 11) is 0. The zero-order chi connectivity index (χ0) is 12.1. The number of hydrazine groups is 1. The van der Waals surface area contributed by atoms with Crippen LogP contribution in [0.3, 0.4) is 0 Å². The van der Waals surface area contributed by atoms with Crippen LogP contribution < -0.4 is 17.0 Å². The molecule has 0 bridgehead atoms. The molecule has 0 aromatic carbocycles. The summed E-state index contributed by atoms with van der Waals surface area (Å²) >= 11 is 0. The fraction of sp³-hybridized carbons (Fsp3) is 0.167. The van der Waals surface area contributed by atoms with Gasteiger partial charge in [-0.3, -0.25) is 16.3 Å². The highest BCUT2D eigenvalue weighted by Gasteiger charge is 2.10. The Kier molecular flexibility index (Phi) is 3.64. The number of nitrogens with one attached hydrogen (secondary N) is 1. The molecule has 5 nitrogen and oxygen atoms in total. The van der Waals surface area contributed by atoms with Crippen LogP contribution in [0, 0.1) is 0 Å². The molecule has 5 N–H and O–H groups in total. The average Bonchev–Trinajstić information content (AvgIpc) is 2.37. The highest BCUT2D eigenvalue weighted by atomic mass is 15.2. The van der Waals surface area contributed by atoms with Gasteiger partial charge in [-0.15, -0.1) is 0 Å². The molecule has 1 atom stereocenters. The van der Waals surface area contributed by atoms with Gasteiger partial charge in [0.25, 0.3) is 0 Å². The second kappa shape index (κ2) is 5.38.